The molecule has 0 saturated heterocycles. The number of aromatic nitrogens is 1. The molecule has 0 atom stereocenters. The Bertz CT molecular complexity index is 511. The molecule has 1 aromatic heterocycles. The van der Waals surface area contributed by atoms with Crippen LogP contribution in [0.5, 0.6) is 0 Å². The summed E-state index contributed by atoms with van der Waals surface area (Å²) in [6.07, 6.45) is -3.33. The van der Waals surface area contributed by atoms with E-state index in [1.54, 1.807) is 0 Å². The Kier molecular flexibility index (Phi) is 5.75. The predicted octanol–water partition coefficient (Wildman–Crippen LogP) is 1.02. The zero-order valence-corrected chi connectivity index (χ0v) is 10.9. The number of alkyl halides is 3. The third-order valence-corrected chi connectivity index (χ3v) is 2.47. The highest BCUT2D eigenvalue weighted by Gasteiger charge is 2.31. The lowest BCUT2D eigenvalue weighted by atomic mass is 10.3. The number of nitrogens with one attached hydrogen (secondary N) is 1. The van der Waals surface area contributed by atoms with Crippen molar-refractivity contribution in [2.24, 2.45) is 0 Å². The fraction of sp³-hybridized carbons (Fsp3) is 0.500. The van der Waals surface area contributed by atoms with Gasteiger partial charge in [0.1, 0.15) is 6.54 Å². The van der Waals surface area contributed by atoms with Gasteiger partial charge in [-0.05, 0) is 12.5 Å². The average molecular weight is 292 g/mol. The van der Waals surface area contributed by atoms with Crippen LogP contribution in [0.3, 0.4) is 0 Å². The van der Waals surface area contributed by atoms with E-state index in [1.165, 1.54) is 7.11 Å². The van der Waals surface area contributed by atoms with E-state index in [0.29, 0.717) is 31.8 Å². The van der Waals surface area contributed by atoms with Crippen LogP contribution in [0.2, 0.25) is 0 Å². The molecule has 8 heteroatoms. The minimum Gasteiger partial charge on any atom is -0.385 e. The molecule has 0 spiro atoms. The van der Waals surface area contributed by atoms with E-state index in [0.717, 1.165) is 10.6 Å². The minimum absolute atomic E-state index is 0.334. The lowest BCUT2D eigenvalue weighted by molar-refractivity contribution is -0.138. The molecule has 0 aliphatic carbocycles. The van der Waals surface area contributed by atoms with Crippen molar-refractivity contribution >= 4 is 5.91 Å². The molecular formula is C12H15F3N2O3. The molecule has 0 unspecified atom stereocenters. The number of hydrogen-bond donors (Lipinski definition) is 1. The minimum atomic E-state index is -4.55. The Morgan fingerprint density at radius 2 is 2.10 bits per heavy atom. The van der Waals surface area contributed by atoms with Crippen molar-refractivity contribution in [1.82, 2.24) is 9.88 Å². The first kappa shape index (κ1) is 16.2. The van der Waals surface area contributed by atoms with Crippen LogP contribution in [-0.2, 0) is 22.3 Å². The second kappa shape index (κ2) is 7.09. The molecule has 0 radical (unpaired) electrons. The van der Waals surface area contributed by atoms with E-state index >= 15 is 0 Å². The molecule has 0 saturated carbocycles. The van der Waals surface area contributed by atoms with Gasteiger partial charge in [-0.25, -0.2) is 0 Å². The molecule has 20 heavy (non-hydrogen) atoms. The van der Waals surface area contributed by atoms with Crippen LogP contribution < -0.4 is 10.9 Å². The van der Waals surface area contributed by atoms with Gasteiger partial charge in [-0.3, -0.25) is 9.59 Å². The second-order valence-corrected chi connectivity index (χ2v) is 4.08. The van der Waals surface area contributed by atoms with Crippen LogP contribution in [0, 0.1) is 0 Å². The summed E-state index contributed by atoms with van der Waals surface area (Å²) in [7, 11) is 1.52. The zero-order valence-electron chi connectivity index (χ0n) is 10.9. The smallest absolute Gasteiger partial charge is 0.385 e. The van der Waals surface area contributed by atoms with Gasteiger partial charge in [-0.1, -0.05) is 0 Å². The average Bonchev–Trinajstić information content (AvgIpc) is 2.36. The van der Waals surface area contributed by atoms with E-state index in [4.69, 9.17) is 4.74 Å². The molecule has 1 N–H and O–H groups in total. The summed E-state index contributed by atoms with van der Waals surface area (Å²) in [5.74, 6) is -0.525. The number of amides is 1. The quantitative estimate of drug-likeness (QED) is 0.796. The van der Waals surface area contributed by atoms with E-state index in [1.807, 2.05) is 0 Å². The van der Waals surface area contributed by atoms with Gasteiger partial charge in [0, 0.05) is 32.5 Å². The number of halogens is 3. The van der Waals surface area contributed by atoms with Crippen LogP contribution in [0.25, 0.3) is 0 Å². The third-order valence-electron chi connectivity index (χ3n) is 2.47. The molecule has 0 fully saturated rings. The summed E-state index contributed by atoms with van der Waals surface area (Å²) in [5.41, 5.74) is -1.63. The number of methoxy groups -OCH3 is 1. The number of carbonyl (C=O) groups is 1. The topological polar surface area (TPSA) is 60.3 Å². The van der Waals surface area contributed by atoms with Crippen LogP contribution >= 0.6 is 0 Å². The Morgan fingerprint density at radius 3 is 2.70 bits per heavy atom. The number of carbonyl (C=O) groups excluding carboxylic acids is 1. The van der Waals surface area contributed by atoms with Crippen molar-refractivity contribution in [1.29, 1.82) is 0 Å². The highest BCUT2D eigenvalue weighted by molar-refractivity contribution is 5.75. The number of hydrogen-bond acceptors (Lipinski definition) is 3. The Hall–Kier alpha value is -1.83. The van der Waals surface area contributed by atoms with E-state index in [9.17, 15) is 22.8 Å². The van der Waals surface area contributed by atoms with Gasteiger partial charge in [-0.15, -0.1) is 0 Å². The maximum atomic E-state index is 12.5. The molecule has 0 aliphatic heterocycles. The van der Waals surface area contributed by atoms with Gasteiger partial charge in [0.05, 0.1) is 5.56 Å². The second-order valence-electron chi connectivity index (χ2n) is 4.08. The summed E-state index contributed by atoms with van der Waals surface area (Å²) in [6.45, 7) is 0.347. The first-order chi connectivity index (χ1) is 9.34. The Labute approximate surface area is 113 Å². The normalized spacial score (nSPS) is 11.4. The summed E-state index contributed by atoms with van der Waals surface area (Å²) < 4.78 is 43.0. The molecular weight excluding hydrogens is 277 g/mol. The van der Waals surface area contributed by atoms with Crippen LogP contribution in [0.1, 0.15) is 12.0 Å². The van der Waals surface area contributed by atoms with Crippen LogP contribution in [0.15, 0.2) is 23.1 Å². The number of pyridine rings is 1. The molecule has 0 aromatic carbocycles. The van der Waals surface area contributed by atoms with Gasteiger partial charge in [0.15, 0.2) is 0 Å². The van der Waals surface area contributed by atoms with Gasteiger partial charge in [0.2, 0.25) is 5.91 Å². The van der Waals surface area contributed by atoms with Gasteiger partial charge >= 0.3 is 6.18 Å². The highest BCUT2D eigenvalue weighted by atomic mass is 19.4. The molecule has 1 heterocycles. The van der Waals surface area contributed by atoms with Gasteiger partial charge in [0.25, 0.3) is 5.56 Å². The number of ether oxygens (including phenoxy) is 1. The Morgan fingerprint density at radius 1 is 1.40 bits per heavy atom. The van der Waals surface area contributed by atoms with Crippen LogP contribution in [-0.4, -0.2) is 30.7 Å². The van der Waals surface area contributed by atoms with E-state index in [-0.39, 0.29) is 0 Å². The largest absolute Gasteiger partial charge is 0.417 e. The molecule has 1 amide bonds. The molecule has 1 aromatic rings. The highest BCUT2D eigenvalue weighted by Crippen LogP contribution is 2.27. The molecule has 5 nitrogen and oxygen atoms in total. The maximum absolute atomic E-state index is 12.5. The van der Waals surface area contributed by atoms with Crippen molar-refractivity contribution in [2.75, 3.05) is 20.3 Å². The van der Waals surface area contributed by atoms with Gasteiger partial charge < -0.3 is 14.6 Å². The fourth-order valence-corrected chi connectivity index (χ4v) is 1.48. The summed E-state index contributed by atoms with van der Waals surface area (Å²) >= 11 is 0. The monoisotopic (exact) mass is 292 g/mol. The van der Waals surface area contributed by atoms with Crippen molar-refractivity contribution < 1.29 is 22.7 Å². The Balaban J connectivity index is 2.67. The van der Waals surface area contributed by atoms with Crippen molar-refractivity contribution in [2.45, 2.75) is 19.1 Å². The molecule has 112 valence electrons. The standard InChI is InChI=1S/C12H15F3N2O3/c1-20-6-2-5-16-10(18)8-17-7-9(12(13,14)15)3-4-11(17)19/h3-4,7H,2,5-6,8H2,1H3,(H,16,18). The molecule has 0 aliphatic rings. The first-order valence-electron chi connectivity index (χ1n) is 5.88. The number of nitrogens with zero attached hydrogens (tertiary/aromatic N) is 1. The zero-order chi connectivity index (χ0) is 15.2. The van der Waals surface area contributed by atoms with E-state index < -0.39 is 29.8 Å². The maximum Gasteiger partial charge on any atom is 0.417 e. The third kappa shape index (κ3) is 5.04. The fourth-order valence-electron chi connectivity index (χ4n) is 1.48. The first-order valence-corrected chi connectivity index (χ1v) is 5.88. The van der Waals surface area contributed by atoms with Crippen molar-refractivity contribution in [3.63, 3.8) is 0 Å². The predicted molar refractivity (Wildman–Crippen MR) is 65.2 cm³/mol. The lowest BCUT2D eigenvalue weighted by Gasteiger charge is -2.10. The summed E-state index contributed by atoms with van der Waals surface area (Å²) in [4.78, 5) is 22.9. The van der Waals surface area contributed by atoms with Crippen molar-refractivity contribution in [3.8, 4) is 0 Å². The summed E-state index contributed by atoms with van der Waals surface area (Å²) in [6, 6.07) is 1.48. The van der Waals surface area contributed by atoms with Crippen LogP contribution in [0.4, 0.5) is 13.2 Å². The number of rotatable bonds is 6. The summed E-state index contributed by atoms with van der Waals surface area (Å²) in [5, 5.41) is 2.49. The van der Waals surface area contributed by atoms with Gasteiger partial charge in [-0.2, -0.15) is 13.2 Å². The molecule has 0 bridgehead atoms. The lowest BCUT2D eigenvalue weighted by Crippen LogP contribution is -2.33. The SMILES string of the molecule is COCCCNC(=O)Cn1cc(C(F)(F)F)ccc1=O. The van der Waals surface area contributed by atoms with E-state index in [2.05, 4.69) is 5.32 Å². The molecule has 1 rings (SSSR count). The van der Waals surface area contributed by atoms with Crippen molar-refractivity contribution in [3.05, 3.63) is 34.2 Å².